The fourth-order valence-electron chi connectivity index (χ4n) is 4.04. The Morgan fingerprint density at radius 1 is 1.26 bits per heavy atom. The van der Waals surface area contributed by atoms with Gasteiger partial charge < -0.3 is 23.6 Å². The first-order valence-electron chi connectivity index (χ1n) is 11.2. The van der Waals surface area contributed by atoms with Crippen LogP contribution < -0.4 is 4.74 Å². The number of aromatic nitrogens is 2. The minimum Gasteiger partial charge on any atom is -0.484 e. The van der Waals surface area contributed by atoms with Crippen molar-refractivity contribution in [1.82, 2.24) is 15.0 Å². The van der Waals surface area contributed by atoms with Gasteiger partial charge in [0.25, 0.3) is 5.91 Å². The number of nitrogens with zero attached hydrogens (tertiary/aromatic N) is 3. The topological polar surface area (TPSA) is 86.9 Å². The van der Waals surface area contributed by atoms with Crippen molar-refractivity contribution >= 4 is 5.91 Å². The fourth-order valence-corrected chi connectivity index (χ4v) is 4.04. The monoisotopic (exact) mass is 429 g/mol. The summed E-state index contributed by atoms with van der Waals surface area (Å²) >= 11 is 0. The van der Waals surface area contributed by atoms with E-state index in [0.29, 0.717) is 37.2 Å². The van der Waals surface area contributed by atoms with E-state index in [1.54, 1.807) is 0 Å². The van der Waals surface area contributed by atoms with E-state index in [0.717, 1.165) is 56.8 Å². The van der Waals surface area contributed by atoms with Crippen molar-refractivity contribution < 1.29 is 23.5 Å². The van der Waals surface area contributed by atoms with Crippen molar-refractivity contribution in [2.24, 2.45) is 0 Å². The minimum absolute atomic E-state index is 0.00548. The van der Waals surface area contributed by atoms with Gasteiger partial charge in [-0.1, -0.05) is 17.3 Å². The number of hydrogen-bond acceptors (Lipinski definition) is 7. The summed E-state index contributed by atoms with van der Waals surface area (Å²) in [7, 11) is 0. The van der Waals surface area contributed by atoms with Gasteiger partial charge in [-0.3, -0.25) is 4.79 Å². The molecule has 0 radical (unpaired) electrons. The molecular formula is C23H31N3O5. The molecule has 2 fully saturated rings. The summed E-state index contributed by atoms with van der Waals surface area (Å²) in [5.41, 5.74) is 1.11. The highest BCUT2D eigenvalue weighted by Gasteiger charge is 2.25. The van der Waals surface area contributed by atoms with Gasteiger partial charge in [-0.25, -0.2) is 0 Å². The van der Waals surface area contributed by atoms with Crippen LogP contribution in [-0.2, 0) is 20.7 Å². The molecule has 4 rings (SSSR count). The van der Waals surface area contributed by atoms with E-state index in [9.17, 15) is 4.79 Å². The molecule has 31 heavy (non-hydrogen) atoms. The number of hydrogen-bond donors (Lipinski definition) is 0. The van der Waals surface area contributed by atoms with Gasteiger partial charge in [0, 0.05) is 38.6 Å². The van der Waals surface area contributed by atoms with Crippen LogP contribution in [0.2, 0.25) is 0 Å². The number of benzene rings is 1. The molecular weight excluding hydrogens is 398 g/mol. The molecule has 8 heteroatoms. The summed E-state index contributed by atoms with van der Waals surface area (Å²) in [4.78, 5) is 18.9. The van der Waals surface area contributed by atoms with E-state index >= 15 is 0 Å². The van der Waals surface area contributed by atoms with Gasteiger partial charge in [-0.15, -0.1) is 0 Å². The summed E-state index contributed by atoms with van der Waals surface area (Å²) in [5.74, 6) is 2.40. The number of aryl methyl sites for hydroxylation is 1. The van der Waals surface area contributed by atoms with Crippen LogP contribution in [0.15, 0.2) is 28.8 Å². The number of likely N-dealkylation sites (tertiary alicyclic amines) is 1. The van der Waals surface area contributed by atoms with Crippen molar-refractivity contribution in [3.63, 3.8) is 0 Å². The highest BCUT2D eigenvalue weighted by Crippen LogP contribution is 2.25. The molecule has 1 unspecified atom stereocenters. The average molecular weight is 430 g/mol. The summed E-state index contributed by atoms with van der Waals surface area (Å²) in [6, 6.07) is 7.73. The Morgan fingerprint density at radius 3 is 2.97 bits per heavy atom. The number of carbonyl (C=O) groups is 1. The first-order valence-corrected chi connectivity index (χ1v) is 11.2. The van der Waals surface area contributed by atoms with E-state index in [1.807, 2.05) is 36.1 Å². The Kier molecular flexibility index (Phi) is 7.53. The maximum Gasteiger partial charge on any atom is 0.260 e. The van der Waals surface area contributed by atoms with Crippen molar-refractivity contribution in [1.29, 1.82) is 0 Å². The first-order chi connectivity index (χ1) is 15.2. The van der Waals surface area contributed by atoms with Gasteiger partial charge in [0.2, 0.25) is 5.89 Å². The molecule has 1 aromatic carbocycles. The molecule has 8 nitrogen and oxygen atoms in total. The highest BCUT2D eigenvalue weighted by atomic mass is 16.5. The van der Waals surface area contributed by atoms with Crippen LogP contribution in [0.25, 0.3) is 0 Å². The fraction of sp³-hybridized carbons (Fsp3) is 0.609. The lowest BCUT2D eigenvalue weighted by atomic mass is 10.0. The van der Waals surface area contributed by atoms with Crippen LogP contribution in [0.4, 0.5) is 0 Å². The zero-order chi connectivity index (χ0) is 21.5. The highest BCUT2D eigenvalue weighted by molar-refractivity contribution is 5.77. The van der Waals surface area contributed by atoms with Gasteiger partial charge in [0.1, 0.15) is 5.75 Å². The van der Waals surface area contributed by atoms with Crippen molar-refractivity contribution in [2.45, 2.75) is 51.0 Å². The summed E-state index contributed by atoms with van der Waals surface area (Å²) in [5, 5.41) is 4.09. The molecule has 0 saturated carbocycles. The number of amides is 1. The summed E-state index contributed by atoms with van der Waals surface area (Å²) in [6.45, 7) is 5.40. The van der Waals surface area contributed by atoms with Crippen LogP contribution in [0.5, 0.6) is 5.75 Å². The maximum atomic E-state index is 12.6. The average Bonchev–Trinajstić information content (AvgIpc) is 3.27. The zero-order valence-electron chi connectivity index (χ0n) is 18.1. The van der Waals surface area contributed by atoms with Gasteiger partial charge in [0.05, 0.1) is 12.7 Å². The number of rotatable bonds is 8. The van der Waals surface area contributed by atoms with Gasteiger partial charge >= 0.3 is 0 Å². The number of ether oxygens (including phenoxy) is 3. The molecule has 2 aliphatic rings. The smallest absolute Gasteiger partial charge is 0.260 e. The Bertz CT molecular complexity index is 849. The van der Waals surface area contributed by atoms with Crippen LogP contribution in [0, 0.1) is 6.92 Å². The number of piperidine rings is 1. The van der Waals surface area contributed by atoms with Gasteiger partial charge in [-0.2, -0.15) is 4.98 Å². The molecule has 168 valence electrons. The molecule has 2 aliphatic heterocycles. The second-order valence-electron chi connectivity index (χ2n) is 8.27. The van der Waals surface area contributed by atoms with Crippen molar-refractivity contribution in [3.05, 3.63) is 41.5 Å². The SMILES string of the molecule is Cc1cccc(OCC(=O)N2CCCC(OCCc3noc(C4CCOCC4)n3)C2)c1. The van der Waals surface area contributed by atoms with Crippen LogP contribution in [0.3, 0.4) is 0 Å². The Balaban J connectivity index is 1.18. The Morgan fingerprint density at radius 2 is 2.13 bits per heavy atom. The summed E-state index contributed by atoms with van der Waals surface area (Å²) in [6.07, 6.45) is 4.36. The molecule has 2 saturated heterocycles. The van der Waals surface area contributed by atoms with E-state index in [1.165, 1.54) is 0 Å². The molecule has 1 atom stereocenters. The van der Waals surface area contributed by atoms with E-state index in [-0.39, 0.29) is 18.6 Å². The minimum atomic E-state index is -0.00548. The van der Waals surface area contributed by atoms with Crippen LogP contribution in [-0.4, -0.2) is 66.6 Å². The second kappa shape index (κ2) is 10.7. The normalized spacial score (nSPS) is 20.0. The molecule has 0 aliphatic carbocycles. The molecule has 3 heterocycles. The lowest BCUT2D eigenvalue weighted by molar-refractivity contribution is -0.137. The predicted octanol–water partition coefficient (Wildman–Crippen LogP) is 2.90. The third-order valence-electron chi connectivity index (χ3n) is 5.82. The standard InChI is InChI=1S/C23H31N3O5/c1-17-4-2-5-19(14-17)30-16-22(27)26-10-3-6-20(15-26)29-13-9-21-24-23(31-25-21)18-7-11-28-12-8-18/h2,4-5,14,18,20H,3,6-13,15-16H2,1H3. The second-order valence-corrected chi connectivity index (χ2v) is 8.27. The third kappa shape index (κ3) is 6.27. The van der Waals surface area contributed by atoms with Crippen LogP contribution >= 0.6 is 0 Å². The molecule has 2 aromatic rings. The van der Waals surface area contributed by atoms with Crippen molar-refractivity contribution in [3.8, 4) is 5.75 Å². The molecule has 1 aromatic heterocycles. The van der Waals surface area contributed by atoms with Gasteiger partial charge in [-0.05, 0) is 50.3 Å². The van der Waals surface area contributed by atoms with Gasteiger partial charge in [0.15, 0.2) is 12.4 Å². The van der Waals surface area contributed by atoms with E-state index in [2.05, 4.69) is 10.1 Å². The third-order valence-corrected chi connectivity index (χ3v) is 5.82. The zero-order valence-corrected chi connectivity index (χ0v) is 18.1. The van der Waals surface area contributed by atoms with Crippen molar-refractivity contribution in [2.75, 3.05) is 39.5 Å². The summed E-state index contributed by atoms with van der Waals surface area (Å²) < 4.78 is 22.5. The largest absolute Gasteiger partial charge is 0.484 e. The molecule has 0 bridgehead atoms. The molecule has 0 N–H and O–H groups in total. The van der Waals surface area contributed by atoms with Crippen LogP contribution in [0.1, 0.15) is 48.9 Å². The molecule has 1 amide bonds. The predicted molar refractivity (Wildman–Crippen MR) is 113 cm³/mol. The van der Waals surface area contributed by atoms with E-state index in [4.69, 9.17) is 18.7 Å². The Labute approximate surface area is 182 Å². The quantitative estimate of drug-likeness (QED) is 0.638. The van der Waals surface area contributed by atoms with E-state index < -0.39 is 0 Å². The first kappa shape index (κ1) is 21.8. The lowest BCUT2D eigenvalue weighted by Crippen LogP contribution is -2.45. The Hall–Kier alpha value is -2.45. The molecule has 0 spiro atoms. The lowest BCUT2D eigenvalue weighted by Gasteiger charge is -2.32. The maximum absolute atomic E-state index is 12.6. The number of carbonyl (C=O) groups excluding carboxylic acids is 1.